The van der Waals surface area contributed by atoms with Gasteiger partial charge in [0.1, 0.15) is 5.82 Å². The van der Waals surface area contributed by atoms with Crippen molar-refractivity contribution in [2.45, 2.75) is 83.6 Å². The molecule has 2 heteroatoms. The molecule has 0 aliphatic carbocycles. The van der Waals surface area contributed by atoms with Crippen LogP contribution in [0.4, 0.5) is 4.39 Å². The van der Waals surface area contributed by atoms with Crippen LogP contribution in [-0.4, -0.2) is 0 Å². The van der Waals surface area contributed by atoms with E-state index in [1.165, 1.54) is 51.0 Å². The Hall–Kier alpha value is -0.890. The molecule has 0 radical (unpaired) electrons. The quantitative estimate of drug-likeness (QED) is 0.503. The summed E-state index contributed by atoms with van der Waals surface area (Å²) in [5.41, 5.74) is 7.07. The molecule has 1 aromatic carbocycles. The number of halogens is 1. The third kappa shape index (κ3) is 6.60. The fraction of sp³-hybridized carbons (Fsp3) is 0.684. The van der Waals surface area contributed by atoms with E-state index in [1.54, 1.807) is 12.1 Å². The zero-order valence-electron chi connectivity index (χ0n) is 13.8. The highest BCUT2D eigenvalue weighted by molar-refractivity contribution is 5.24. The lowest BCUT2D eigenvalue weighted by molar-refractivity contribution is 0.371. The van der Waals surface area contributed by atoms with Crippen LogP contribution in [-0.2, 0) is 5.54 Å². The maximum atomic E-state index is 13.4. The molecule has 1 atom stereocenters. The SMILES string of the molecule is CCCCCCCCCCC(N)(CC)c1cccc(F)c1. The van der Waals surface area contributed by atoms with Crippen molar-refractivity contribution >= 4 is 0 Å². The molecule has 0 saturated carbocycles. The second-order valence-electron chi connectivity index (χ2n) is 6.24. The van der Waals surface area contributed by atoms with Crippen LogP contribution in [0.25, 0.3) is 0 Å². The summed E-state index contributed by atoms with van der Waals surface area (Å²) in [5.74, 6) is -0.188. The van der Waals surface area contributed by atoms with Crippen LogP contribution in [0, 0.1) is 5.82 Å². The molecule has 1 aromatic rings. The topological polar surface area (TPSA) is 26.0 Å². The van der Waals surface area contributed by atoms with Gasteiger partial charge in [-0.3, -0.25) is 0 Å². The van der Waals surface area contributed by atoms with E-state index in [0.717, 1.165) is 24.8 Å². The van der Waals surface area contributed by atoms with Crippen LogP contribution < -0.4 is 5.73 Å². The van der Waals surface area contributed by atoms with Gasteiger partial charge < -0.3 is 5.73 Å². The number of rotatable bonds is 11. The average Bonchev–Trinajstić information content (AvgIpc) is 2.49. The number of hydrogen-bond acceptors (Lipinski definition) is 1. The Balaban J connectivity index is 2.30. The standard InChI is InChI=1S/C19H32FN/c1-3-5-6-7-8-9-10-11-15-19(21,4-2)17-13-12-14-18(20)16-17/h12-14,16H,3-11,15,21H2,1-2H3. The highest BCUT2D eigenvalue weighted by Gasteiger charge is 2.24. The van der Waals surface area contributed by atoms with Gasteiger partial charge in [-0.05, 0) is 30.5 Å². The van der Waals surface area contributed by atoms with Crippen LogP contribution in [0.2, 0.25) is 0 Å². The highest BCUT2D eigenvalue weighted by atomic mass is 19.1. The van der Waals surface area contributed by atoms with Crippen LogP contribution in [0.3, 0.4) is 0 Å². The van der Waals surface area contributed by atoms with Gasteiger partial charge in [0, 0.05) is 5.54 Å². The Morgan fingerprint density at radius 2 is 1.57 bits per heavy atom. The fourth-order valence-corrected chi connectivity index (χ4v) is 2.90. The lowest BCUT2D eigenvalue weighted by Crippen LogP contribution is -2.36. The molecule has 21 heavy (non-hydrogen) atoms. The zero-order chi connectivity index (χ0) is 15.6. The number of benzene rings is 1. The molecule has 120 valence electrons. The molecule has 0 heterocycles. The van der Waals surface area contributed by atoms with E-state index in [1.807, 2.05) is 6.07 Å². The molecule has 0 bridgehead atoms. The molecule has 1 nitrogen and oxygen atoms in total. The Bertz CT molecular complexity index is 391. The number of unbranched alkanes of at least 4 members (excludes halogenated alkanes) is 7. The Kier molecular flexibility index (Phi) is 8.60. The number of nitrogens with two attached hydrogens (primary N) is 1. The third-order valence-electron chi connectivity index (χ3n) is 4.51. The van der Waals surface area contributed by atoms with Crippen LogP contribution in [0.5, 0.6) is 0 Å². The molecule has 0 fully saturated rings. The normalized spacial score (nSPS) is 14.1. The van der Waals surface area contributed by atoms with Gasteiger partial charge in [-0.1, -0.05) is 77.3 Å². The minimum Gasteiger partial charge on any atom is -0.321 e. The van der Waals surface area contributed by atoms with Crippen molar-refractivity contribution in [3.8, 4) is 0 Å². The average molecular weight is 293 g/mol. The predicted molar refractivity (Wildman–Crippen MR) is 89.8 cm³/mol. The molecule has 0 aliphatic rings. The van der Waals surface area contributed by atoms with Gasteiger partial charge in [0.25, 0.3) is 0 Å². The van der Waals surface area contributed by atoms with Crippen LogP contribution in [0.1, 0.15) is 83.6 Å². The molecular weight excluding hydrogens is 261 g/mol. The Morgan fingerprint density at radius 1 is 0.952 bits per heavy atom. The minimum absolute atomic E-state index is 0.188. The van der Waals surface area contributed by atoms with Crippen molar-refractivity contribution in [3.05, 3.63) is 35.6 Å². The first-order valence-corrected chi connectivity index (χ1v) is 8.67. The summed E-state index contributed by atoms with van der Waals surface area (Å²) >= 11 is 0. The lowest BCUT2D eigenvalue weighted by Gasteiger charge is -2.29. The van der Waals surface area contributed by atoms with Gasteiger partial charge in [-0.2, -0.15) is 0 Å². The predicted octanol–water partition coefficient (Wildman–Crippen LogP) is 5.92. The van der Waals surface area contributed by atoms with E-state index in [-0.39, 0.29) is 11.4 Å². The monoisotopic (exact) mass is 293 g/mol. The lowest BCUT2D eigenvalue weighted by atomic mass is 9.83. The first kappa shape index (κ1) is 18.2. The van der Waals surface area contributed by atoms with Crippen molar-refractivity contribution < 1.29 is 4.39 Å². The summed E-state index contributed by atoms with van der Waals surface area (Å²) in [6, 6.07) is 6.79. The summed E-state index contributed by atoms with van der Waals surface area (Å²) in [4.78, 5) is 0. The highest BCUT2D eigenvalue weighted by Crippen LogP contribution is 2.28. The van der Waals surface area contributed by atoms with Crippen molar-refractivity contribution in [1.82, 2.24) is 0 Å². The van der Waals surface area contributed by atoms with Crippen molar-refractivity contribution in [2.24, 2.45) is 5.73 Å². The maximum absolute atomic E-state index is 13.4. The Labute approximate surface area is 130 Å². The van der Waals surface area contributed by atoms with Gasteiger partial charge >= 0.3 is 0 Å². The third-order valence-corrected chi connectivity index (χ3v) is 4.51. The smallest absolute Gasteiger partial charge is 0.123 e. The molecule has 1 unspecified atom stereocenters. The van der Waals surface area contributed by atoms with Crippen molar-refractivity contribution in [2.75, 3.05) is 0 Å². The minimum atomic E-state index is -0.371. The first-order chi connectivity index (χ1) is 10.1. The second-order valence-corrected chi connectivity index (χ2v) is 6.24. The van der Waals surface area contributed by atoms with Crippen LogP contribution in [0.15, 0.2) is 24.3 Å². The van der Waals surface area contributed by atoms with E-state index in [2.05, 4.69) is 13.8 Å². The van der Waals surface area contributed by atoms with Gasteiger partial charge in [0.15, 0.2) is 0 Å². The number of hydrogen-bond donors (Lipinski definition) is 1. The fourth-order valence-electron chi connectivity index (χ4n) is 2.90. The van der Waals surface area contributed by atoms with Crippen LogP contribution >= 0.6 is 0 Å². The first-order valence-electron chi connectivity index (χ1n) is 8.67. The maximum Gasteiger partial charge on any atom is 0.123 e. The van der Waals surface area contributed by atoms with E-state index in [4.69, 9.17) is 5.73 Å². The van der Waals surface area contributed by atoms with Gasteiger partial charge in [-0.25, -0.2) is 4.39 Å². The van der Waals surface area contributed by atoms with E-state index >= 15 is 0 Å². The molecule has 0 spiro atoms. The van der Waals surface area contributed by atoms with Gasteiger partial charge in [0.2, 0.25) is 0 Å². The van der Waals surface area contributed by atoms with E-state index in [9.17, 15) is 4.39 Å². The summed E-state index contributed by atoms with van der Waals surface area (Å²) in [6.45, 7) is 4.34. The van der Waals surface area contributed by atoms with Crippen molar-refractivity contribution in [1.29, 1.82) is 0 Å². The van der Waals surface area contributed by atoms with E-state index in [0.29, 0.717) is 0 Å². The second kappa shape index (κ2) is 9.94. The van der Waals surface area contributed by atoms with E-state index < -0.39 is 0 Å². The summed E-state index contributed by atoms with van der Waals surface area (Å²) in [5, 5.41) is 0. The molecule has 2 N–H and O–H groups in total. The molecule has 0 aliphatic heterocycles. The Morgan fingerprint density at radius 3 is 2.14 bits per heavy atom. The summed E-state index contributed by atoms with van der Waals surface area (Å²) in [6.07, 6.45) is 12.2. The van der Waals surface area contributed by atoms with Gasteiger partial charge in [0.05, 0.1) is 0 Å². The molecule has 0 amide bonds. The van der Waals surface area contributed by atoms with Gasteiger partial charge in [-0.15, -0.1) is 0 Å². The molecule has 0 saturated heterocycles. The largest absolute Gasteiger partial charge is 0.321 e. The summed E-state index contributed by atoms with van der Waals surface area (Å²) in [7, 11) is 0. The molecule has 1 rings (SSSR count). The molecular formula is C19H32FN. The molecule has 0 aromatic heterocycles. The summed E-state index contributed by atoms with van der Waals surface area (Å²) < 4.78 is 13.4. The zero-order valence-corrected chi connectivity index (χ0v) is 13.8. The van der Waals surface area contributed by atoms with Crippen molar-refractivity contribution in [3.63, 3.8) is 0 Å².